The Morgan fingerprint density at radius 1 is 1.05 bits per heavy atom. The maximum absolute atomic E-state index is 4.82. The molecule has 0 N–H and O–H groups in total. The maximum Gasteiger partial charge on any atom is 0.137 e. The van der Waals surface area contributed by atoms with Crippen molar-refractivity contribution in [2.24, 2.45) is 0 Å². The van der Waals surface area contributed by atoms with E-state index in [9.17, 15) is 0 Å². The summed E-state index contributed by atoms with van der Waals surface area (Å²) < 4.78 is 2.23. The number of fused-ring (bicyclic) bond motifs is 5. The van der Waals surface area contributed by atoms with Crippen LogP contribution >= 0.6 is 0 Å². The van der Waals surface area contributed by atoms with E-state index in [4.69, 9.17) is 4.98 Å². The molecule has 0 saturated heterocycles. The summed E-state index contributed by atoms with van der Waals surface area (Å²) in [5.41, 5.74) is 6.39. The van der Waals surface area contributed by atoms with E-state index in [1.54, 1.807) is 0 Å². The molecule has 2 aromatic heterocycles. The first-order valence-electron chi connectivity index (χ1n) is 6.73. The van der Waals surface area contributed by atoms with Crippen LogP contribution in [0, 0.1) is 0 Å². The van der Waals surface area contributed by atoms with E-state index in [0.29, 0.717) is 0 Å². The van der Waals surface area contributed by atoms with Crippen molar-refractivity contribution >= 4 is 5.65 Å². The van der Waals surface area contributed by atoms with Crippen molar-refractivity contribution in [3.05, 3.63) is 59.9 Å². The summed E-state index contributed by atoms with van der Waals surface area (Å²) in [6.07, 6.45) is 3.15. The zero-order chi connectivity index (χ0) is 13.0. The van der Waals surface area contributed by atoms with Gasteiger partial charge in [-0.2, -0.15) is 0 Å². The average Bonchev–Trinajstić information content (AvgIpc) is 2.77. The highest BCUT2D eigenvalue weighted by molar-refractivity contribution is 5.73. The van der Waals surface area contributed by atoms with Crippen LogP contribution in [0.5, 0.6) is 0 Å². The zero-order valence-corrected chi connectivity index (χ0v) is 11.2. The molecule has 2 nitrogen and oxygen atoms in total. The van der Waals surface area contributed by atoms with Gasteiger partial charge in [0.2, 0.25) is 0 Å². The summed E-state index contributed by atoms with van der Waals surface area (Å²) in [5, 5.41) is 0. The average molecular weight is 248 g/mol. The quantitative estimate of drug-likeness (QED) is 0.591. The zero-order valence-electron chi connectivity index (χ0n) is 11.2. The molecule has 0 aliphatic heterocycles. The Labute approximate surface area is 112 Å². The lowest BCUT2D eigenvalue weighted by atomic mass is 9.73. The van der Waals surface area contributed by atoms with Gasteiger partial charge in [0.1, 0.15) is 5.65 Å². The monoisotopic (exact) mass is 248 g/mol. The molecule has 2 heteroatoms. The van der Waals surface area contributed by atoms with Crippen molar-refractivity contribution in [3.63, 3.8) is 0 Å². The van der Waals surface area contributed by atoms with Crippen molar-refractivity contribution in [2.45, 2.75) is 25.7 Å². The Morgan fingerprint density at radius 2 is 1.84 bits per heavy atom. The molecule has 1 aliphatic carbocycles. The van der Waals surface area contributed by atoms with E-state index in [0.717, 1.165) is 17.8 Å². The maximum atomic E-state index is 4.82. The van der Waals surface area contributed by atoms with E-state index in [-0.39, 0.29) is 5.41 Å². The predicted molar refractivity (Wildman–Crippen MR) is 77.4 cm³/mol. The van der Waals surface area contributed by atoms with Crippen molar-refractivity contribution < 1.29 is 0 Å². The lowest BCUT2D eigenvalue weighted by molar-refractivity contribution is 0.508. The first-order chi connectivity index (χ1) is 9.17. The third-order valence-electron chi connectivity index (χ3n) is 4.15. The molecule has 94 valence electrons. The Balaban J connectivity index is 2.12. The summed E-state index contributed by atoms with van der Waals surface area (Å²) in [4.78, 5) is 4.82. The Kier molecular flexibility index (Phi) is 1.97. The molecule has 1 aromatic carbocycles. The lowest BCUT2D eigenvalue weighted by Gasteiger charge is -2.32. The highest BCUT2D eigenvalue weighted by Crippen LogP contribution is 2.42. The van der Waals surface area contributed by atoms with Crippen LogP contribution in [0.15, 0.2) is 48.7 Å². The van der Waals surface area contributed by atoms with Crippen molar-refractivity contribution in [1.82, 2.24) is 9.38 Å². The second kappa shape index (κ2) is 3.47. The van der Waals surface area contributed by atoms with Crippen molar-refractivity contribution in [1.29, 1.82) is 0 Å². The molecule has 4 rings (SSSR count). The van der Waals surface area contributed by atoms with Crippen LogP contribution in [0.25, 0.3) is 16.9 Å². The highest BCUT2D eigenvalue weighted by Gasteiger charge is 2.33. The minimum Gasteiger partial charge on any atom is -0.303 e. The number of imidazole rings is 1. The number of benzene rings is 1. The van der Waals surface area contributed by atoms with E-state index in [1.807, 2.05) is 6.07 Å². The normalized spacial score (nSPS) is 16.1. The third-order valence-corrected chi connectivity index (χ3v) is 4.15. The number of aromatic nitrogens is 2. The van der Waals surface area contributed by atoms with Crippen LogP contribution in [0.4, 0.5) is 0 Å². The molecular formula is C17H16N2. The fourth-order valence-electron chi connectivity index (χ4n) is 3.22. The Hall–Kier alpha value is -2.09. The SMILES string of the molecule is CC1(C)Cc2c(nc3ccccn23)-c2ccccc21. The largest absolute Gasteiger partial charge is 0.303 e. The van der Waals surface area contributed by atoms with Gasteiger partial charge >= 0.3 is 0 Å². The molecule has 0 spiro atoms. The van der Waals surface area contributed by atoms with E-state index < -0.39 is 0 Å². The number of rotatable bonds is 0. The topological polar surface area (TPSA) is 17.3 Å². The van der Waals surface area contributed by atoms with Gasteiger partial charge in [-0.3, -0.25) is 0 Å². The predicted octanol–water partition coefficient (Wildman–Crippen LogP) is 3.84. The molecule has 0 radical (unpaired) electrons. The summed E-state index contributed by atoms with van der Waals surface area (Å²) in [6.45, 7) is 4.63. The fourth-order valence-corrected chi connectivity index (χ4v) is 3.22. The highest BCUT2D eigenvalue weighted by atomic mass is 15.0. The molecule has 0 atom stereocenters. The van der Waals surface area contributed by atoms with Crippen LogP contribution in [-0.4, -0.2) is 9.38 Å². The van der Waals surface area contributed by atoms with Crippen LogP contribution in [0.2, 0.25) is 0 Å². The minimum atomic E-state index is 0.162. The first-order valence-corrected chi connectivity index (χ1v) is 6.73. The van der Waals surface area contributed by atoms with Gasteiger partial charge in [-0.05, 0) is 29.5 Å². The second-order valence-electron chi connectivity index (χ2n) is 5.94. The van der Waals surface area contributed by atoms with Gasteiger partial charge in [0.15, 0.2) is 0 Å². The number of hydrogen-bond acceptors (Lipinski definition) is 1. The van der Waals surface area contributed by atoms with Crippen LogP contribution in [-0.2, 0) is 11.8 Å². The summed E-state index contributed by atoms with van der Waals surface area (Å²) in [7, 11) is 0. The van der Waals surface area contributed by atoms with E-state index in [2.05, 4.69) is 60.8 Å². The van der Waals surface area contributed by atoms with Gasteiger partial charge in [-0.1, -0.05) is 44.2 Å². The molecule has 2 heterocycles. The standard InChI is InChI=1S/C17H16N2/c1-17(2)11-14-16(12-7-3-4-8-13(12)17)18-15-9-5-6-10-19(14)15/h3-10H,11H2,1-2H3. The number of pyridine rings is 1. The smallest absolute Gasteiger partial charge is 0.137 e. The van der Waals surface area contributed by atoms with Gasteiger partial charge in [0.25, 0.3) is 0 Å². The van der Waals surface area contributed by atoms with Gasteiger partial charge in [-0.15, -0.1) is 0 Å². The third kappa shape index (κ3) is 1.40. The van der Waals surface area contributed by atoms with E-state index in [1.165, 1.54) is 16.8 Å². The van der Waals surface area contributed by atoms with Gasteiger partial charge in [0, 0.05) is 11.8 Å². The van der Waals surface area contributed by atoms with Gasteiger partial charge in [-0.25, -0.2) is 4.98 Å². The number of nitrogens with zero attached hydrogens (tertiary/aromatic N) is 2. The van der Waals surface area contributed by atoms with E-state index >= 15 is 0 Å². The van der Waals surface area contributed by atoms with Crippen molar-refractivity contribution in [3.8, 4) is 11.3 Å². The molecule has 0 fully saturated rings. The molecule has 0 bridgehead atoms. The van der Waals surface area contributed by atoms with Crippen LogP contribution in [0.1, 0.15) is 25.1 Å². The van der Waals surface area contributed by atoms with Crippen LogP contribution < -0.4 is 0 Å². The van der Waals surface area contributed by atoms with Crippen LogP contribution in [0.3, 0.4) is 0 Å². The second-order valence-corrected chi connectivity index (χ2v) is 5.94. The van der Waals surface area contributed by atoms with Gasteiger partial charge in [0.05, 0.1) is 11.4 Å². The Bertz CT molecular complexity index is 781. The molecule has 1 aliphatic rings. The summed E-state index contributed by atoms with van der Waals surface area (Å²) in [5.74, 6) is 0. The fraction of sp³-hybridized carbons (Fsp3) is 0.235. The van der Waals surface area contributed by atoms with Crippen molar-refractivity contribution in [2.75, 3.05) is 0 Å². The molecule has 0 unspecified atom stereocenters. The first kappa shape index (κ1) is 10.8. The molecule has 19 heavy (non-hydrogen) atoms. The molecule has 3 aromatic rings. The molecule has 0 saturated carbocycles. The summed E-state index contributed by atoms with van der Waals surface area (Å²) in [6, 6.07) is 14.9. The minimum absolute atomic E-state index is 0.162. The van der Waals surface area contributed by atoms with Gasteiger partial charge < -0.3 is 4.40 Å². The lowest BCUT2D eigenvalue weighted by Crippen LogP contribution is -2.26. The Morgan fingerprint density at radius 3 is 2.74 bits per heavy atom. The molecule has 0 amide bonds. The number of hydrogen-bond donors (Lipinski definition) is 0. The molecular weight excluding hydrogens is 232 g/mol. The summed E-state index contributed by atoms with van der Waals surface area (Å²) >= 11 is 0.